The molecular weight excluding hydrogens is 430 g/mol. The van der Waals surface area contributed by atoms with Gasteiger partial charge in [0.1, 0.15) is 11.6 Å². The van der Waals surface area contributed by atoms with Crippen molar-refractivity contribution in [1.82, 2.24) is 0 Å². The average molecular weight is 442 g/mol. The number of hydrogen-bond acceptors (Lipinski definition) is 3. The summed E-state index contributed by atoms with van der Waals surface area (Å²) in [5, 5.41) is 0. The van der Waals surface area contributed by atoms with Crippen LogP contribution in [0.1, 0.15) is 5.56 Å². The topological polar surface area (TPSA) is 55.4 Å². The van der Waals surface area contributed by atoms with Gasteiger partial charge >= 0.3 is 6.18 Å². The van der Waals surface area contributed by atoms with Crippen molar-refractivity contribution in [1.29, 1.82) is 0 Å². The molecule has 0 saturated heterocycles. The summed E-state index contributed by atoms with van der Waals surface area (Å²) in [6.45, 7) is 0.112. The Bertz CT molecular complexity index is 868. The van der Waals surface area contributed by atoms with Crippen LogP contribution in [0.25, 0.3) is 0 Å². The number of anilines is 1. The quantitative estimate of drug-likeness (QED) is 0.687. The molecule has 136 valence electrons. The molecule has 0 bridgehead atoms. The van der Waals surface area contributed by atoms with Gasteiger partial charge in [-0.3, -0.25) is 4.72 Å². The zero-order valence-corrected chi connectivity index (χ0v) is 15.1. The van der Waals surface area contributed by atoms with Crippen molar-refractivity contribution in [2.75, 3.05) is 11.3 Å². The van der Waals surface area contributed by atoms with E-state index in [-0.39, 0.29) is 9.37 Å². The van der Waals surface area contributed by atoms with Crippen LogP contribution >= 0.6 is 15.9 Å². The van der Waals surface area contributed by atoms with E-state index in [1.54, 1.807) is 19.1 Å². The molecule has 0 aliphatic rings. The van der Waals surface area contributed by atoms with Gasteiger partial charge in [-0.15, -0.1) is 0 Å². The van der Waals surface area contributed by atoms with Gasteiger partial charge in [0.15, 0.2) is 6.61 Å². The lowest BCUT2D eigenvalue weighted by Crippen LogP contribution is -2.20. The predicted octanol–water partition coefficient (Wildman–Crippen LogP) is 4.64. The van der Waals surface area contributed by atoms with Gasteiger partial charge < -0.3 is 4.74 Å². The van der Waals surface area contributed by atoms with Gasteiger partial charge in [-0.1, -0.05) is 17.7 Å². The van der Waals surface area contributed by atoms with Gasteiger partial charge in [0.05, 0.1) is 15.1 Å². The van der Waals surface area contributed by atoms with Crippen LogP contribution < -0.4 is 9.46 Å². The van der Waals surface area contributed by atoms with E-state index >= 15 is 0 Å². The van der Waals surface area contributed by atoms with E-state index < -0.39 is 40.1 Å². The van der Waals surface area contributed by atoms with E-state index in [2.05, 4.69) is 20.7 Å². The highest BCUT2D eigenvalue weighted by molar-refractivity contribution is 9.10. The molecule has 2 aromatic carbocycles. The van der Waals surface area contributed by atoms with E-state index in [1.165, 1.54) is 12.1 Å². The Kier molecular flexibility index (Phi) is 5.62. The number of ether oxygens (including phenoxy) is 1. The lowest BCUT2D eigenvalue weighted by Gasteiger charge is -2.15. The fraction of sp³-hybridized carbons (Fsp3) is 0.200. The van der Waals surface area contributed by atoms with Crippen molar-refractivity contribution in [2.24, 2.45) is 0 Å². The Morgan fingerprint density at radius 3 is 2.32 bits per heavy atom. The summed E-state index contributed by atoms with van der Waals surface area (Å²) in [5.41, 5.74) is 0.383. The minimum atomic E-state index is -4.63. The molecule has 0 radical (unpaired) electrons. The molecule has 4 nitrogen and oxygen atoms in total. The van der Waals surface area contributed by atoms with Crippen molar-refractivity contribution in [3.63, 3.8) is 0 Å². The molecule has 2 aromatic rings. The molecule has 1 N–H and O–H groups in total. The molecule has 0 unspecified atom stereocenters. The molecule has 0 aliphatic heterocycles. The fourth-order valence-electron chi connectivity index (χ4n) is 1.81. The van der Waals surface area contributed by atoms with Gasteiger partial charge in [-0.25, -0.2) is 12.8 Å². The molecule has 0 spiro atoms. The van der Waals surface area contributed by atoms with E-state index in [4.69, 9.17) is 0 Å². The second kappa shape index (κ2) is 7.20. The highest BCUT2D eigenvalue weighted by Gasteiger charge is 2.29. The number of benzene rings is 2. The van der Waals surface area contributed by atoms with Gasteiger partial charge in [0.2, 0.25) is 0 Å². The molecule has 0 atom stereocenters. The average Bonchev–Trinajstić information content (AvgIpc) is 2.48. The summed E-state index contributed by atoms with van der Waals surface area (Å²) < 4.78 is 81.9. The van der Waals surface area contributed by atoms with Crippen LogP contribution in [0.2, 0.25) is 0 Å². The summed E-state index contributed by atoms with van der Waals surface area (Å²) in [6.07, 6.45) is -4.63. The second-order valence-corrected chi connectivity index (χ2v) is 7.62. The summed E-state index contributed by atoms with van der Waals surface area (Å²) in [7, 11) is -4.13. The zero-order chi connectivity index (χ0) is 18.8. The van der Waals surface area contributed by atoms with Crippen LogP contribution in [0, 0.1) is 12.7 Å². The van der Waals surface area contributed by atoms with Crippen molar-refractivity contribution < 1.29 is 30.7 Å². The molecule has 0 aliphatic carbocycles. The normalized spacial score (nSPS) is 12.1. The largest absolute Gasteiger partial charge is 0.482 e. The van der Waals surface area contributed by atoms with Crippen LogP contribution in [0.5, 0.6) is 5.75 Å². The third-order valence-corrected chi connectivity index (χ3v) is 4.98. The summed E-state index contributed by atoms with van der Waals surface area (Å²) in [4.78, 5) is -0.122. The van der Waals surface area contributed by atoms with Crippen LogP contribution in [-0.2, 0) is 10.0 Å². The third kappa shape index (κ3) is 5.33. The molecule has 2 rings (SSSR count). The molecular formula is C15H12BrF4NO3S. The standard InChI is InChI=1S/C15H12BrF4NO3S/c1-9-2-4-10(5-3-9)25(22,23)21-13-7-12(17)11(16)6-14(13)24-8-15(18,19)20/h2-7,21H,8H2,1H3. The number of halogens is 5. The Morgan fingerprint density at radius 1 is 1.16 bits per heavy atom. The van der Waals surface area contributed by atoms with Gasteiger partial charge in [-0.05, 0) is 41.1 Å². The van der Waals surface area contributed by atoms with Crippen LogP contribution in [0.4, 0.5) is 23.2 Å². The highest BCUT2D eigenvalue weighted by Crippen LogP contribution is 2.33. The molecule has 0 heterocycles. The summed E-state index contributed by atoms with van der Waals surface area (Å²) in [6, 6.07) is 7.41. The number of rotatable bonds is 5. The summed E-state index contributed by atoms with van der Waals surface area (Å²) >= 11 is 2.82. The predicted molar refractivity (Wildman–Crippen MR) is 87.6 cm³/mol. The SMILES string of the molecule is Cc1ccc(S(=O)(=O)Nc2cc(F)c(Br)cc2OCC(F)(F)F)cc1. The summed E-state index contributed by atoms with van der Waals surface area (Å²) in [5.74, 6) is -1.32. The number of nitrogens with one attached hydrogen (secondary N) is 1. The maximum atomic E-state index is 13.7. The lowest BCUT2D eigenvalue weighted by atomic mass is 10.2. The maximum Gasteiger partial charge on any atom is 0.422 e. The van der Waals surface area contributed by atoms with Gasteiger partial charge in [0, 0.05) is 6.07 Å². The monoisotopic (exact) mass is 441 g/mol. The highest BCUT2D eigenvalue weighted by atomic mass is 79.9. The van der Waals surface area contributed by atoms with E-state index in [1.807, 2.05) is 4.72 Å². The van der Waals surface area contributed by atoms with E-state index in [0.29, 0.717) is 0 Å². The number of aryl methyl sites for hydroxylation is 1. The van der Waals surface area contributed by atoms with Crippen molar-refractivity contribution >= 4 is 31.6 Å². The maximum absolute atomic E-state index is 13.7. The molecule has 0 fully saturated rings. The van der Waals surface area contributed by atoms with E-state index in [0.717, 1.165) is 17.7 Å². The molecule has 25 heavy (non-hydrogen) atoms. The number of hydrogen-bond donors (Lipinski definition) is 1. The molecule has 10 heteroatoms. The first-order valence-electron chi connectivity index (χ1n) is 6.76. The first-order chi connectivity index (χ1) is 11.5. The first kappa shape index (κ1) is 19.5. The van der Waals surface area contributed by atoms with Crippen molar-refractivity contribution in [3.8, 4) is 5.75 Å². The molecule has 0 amide bonds. The lowest BCUT2D eigenvalue weighted by molar-refractivity contribution is -0.153. The Labute approximate surface area is 150 Å². The minimum Gasteiger partial charge on any atom is -0.482 e. The molecule has 0 aromatic heterocycles. The second-order valence-electron chi connectivity index (χ2n) is 5.08. The van der Waals surface area contributed by atoms with Crippen LogP contribution in [0.3, 0.4) is 0 Å². The Morgan fingerprint density at radius 2 is 1.76 bits per heavy atom. The van der Waals surface area contributed by atoms with Crippen molar-refractivity contribution in [2.45, 2.75) is 18.0 Å². The number of sulfonamides is 1. The minimum absolute atomic E-state index is 0.122. The van der Waals surface area contributed by atoms with Crippen molar-refractivity contribution in [3.05, 3.63) is 52.3 Å². The Hall–Kier alpha value is -1.81. The number of alkyl halides is 3. The van der Waals surface area contributed by atoms with Gasteiger partial charge in [0.25, 0.3) is 10.0 Å². The zero-order valence-electron chi connectivity index (χ0n) is 12.7. The third-order valence-electron chi connectivity index (χ3n) is 2.99. The molecule has 0 saturated carbocycles. The smallest absolute Gasteiger partial charge is 0.422 e. The van der Waals surface area contributed by atoms with Crippen LogP contribution in [0.15, 0.2) is 45.8 Å². The fourth-order valence-corrected chi connectivity index (χ4v) is 3.19. The van der Waals surface area contributed by atoms with Gasteiger partial charge in [-0.2, -0.15) is 13.2 Å². The van der Waals surface area contributed by atoms with E-state index in [9.17, 15) is 26.0 Å². The van der Waals surface area contributed by atoms with Crippen LogP contribution in [-0.4, -0.2) is 21.2 Å². The first-order valence-corrected chi connectivity index (χ1v) is 9.04. The Balaban J connectivity index is 2.37.